The predicted molar refractivity (Wildman–Crippen MR) is 116 cm³/mol. The molecular weight excluding hydrogens is 436 g/mol. The van der Waals surface area contributed by atoms with Crippen LogP contribution in [0, 0.1) is 0 Å². The molecule has 8 nitrogen and oxygen atoms in total. The largest absolute Gasteiger partial charge is 0.454 e. The summed E-state index contributed by atoms with van der Waals surface area (Å²) >= 11 is 2.86. The van der Waals surface area contributed by atoms with Crippen molar-refractivity contribution >= 4 is 34.7 Å². The number of amides is 1. The molecule has 2 aromatic carbocycles. The van der Waals surface area contributed by atoms with Gasteiger partial charge in [0.25, 0.3) is 5.22 Å². The van der Waals surface area contributed by atoms with Crippen molar-refractivity contribution in [3.63, 3.8) is 0 Å². The average molecular weight is 453 g/mol. The summed E-state index contributed by atoms with van der Waals surface area (Å²) in [6, 6.07) is 14.9. The van der Waals surface area contributed by atoms with Gasteiger partial charge >= 0.3 is 0 Å². The molecule has 0 saturated carbocycles. The first kappa shape index (κ1) is 19.6. The van der Waals surface area contributed by atoms with Crippen LogP contribution in [0.1, 0.15) is 10.7 Å². The summed E-state index contributed by atoms with van der Waals surface area (Å²) in [5.41, 5.74) is 2.40. The highest BCUT2D eigenvalue weighted by Gasteiger charge is 2.17. The van der Waals surface area contributed by atoms with Crippen molar-refractivity contribution in [2.45, 2.75) is 17.4 Å². The molecule has 0 spiro atoms. The van der Waals surface area contributed by atoms with Gasteiger partial charge in [0.2, 0.25) is 18.6 Å². The van der Waals surface area contributed by atoms with Crippen molar-refractivity contribution in [1.29, 1.82) is 0 Å². The van der Waals surface area contributed by atoms with Gasteiger partial charge in [0.1, 0.15) is 5.01 Å². The maximum atomic E-state index is 12.2. The second kappa shape index (κ2) is 8.78. The summed E-state index contributed by atoms with van der Waals surface area (Å²) in [6.07, 6.45) is 0.235. The average Bonchev–Trinajstić information content (AvgIpc) is 3.53. The minimum Gasteiger partial charge on any atom is -0.454 e. The van der Waals surface area contributed by atoms with E-state index >= 15 is 0 Å². The number of thioether (sulfide) groups is 1. The maximum Gasteiger partial charge on any atom is 0.277 e. The number of aromatic nitrogens is 3. The van der Waals surface area contributed by atoms with Gasteiger partial charge in [-0.2, -0.15) is 0 Å². The fourth-order valence-electron chi connectivity index (χ4n) is 2.91. The Morgan fingerprint density at radius 3 is 2.87 bits per heavy atom. The molecule has 3 heterocycles. The molecule has 5 rings (SSSR count). The van der Waals surface area contributed by atoms with Gasteiger partial charge in [-0.1, -0.05) is 30.0 Å². The SMILES string of the molecule is O=C(Cc1nc(CSc2nnc(-c3ccc4c(c3)OCO4)o2)cs1)Nc1ccccc1. The lowest BCUT2D eigenvalue weighted by Gasteiger charge is -2.02. The zero-order chi connectivity index (χ0) is 21.0. The number of anilines is 1. The highest BCUT2D eigenvalue weighted by Crippen LogP contribution is 2.36. The normalized spacial score (nSPS) is 12.1. The lowest BCUT2D eigenvalue weighted by Crippen LogP contribution is -2.14. The molecule has 1 aliphatic heterocycles. The third-order valence-electron chi connectivity index (χ3n) is 4.34. The van der Waals surface area contributed by atoms with Crippen molar-refractivity contribution in [3.05, 3.63) is 64.6 Å². The third-order valence-corrected chi connectivity index (χ3v) is 6.09. The first-order chi connectivity index (χ1) is 15.2. The highest BCUT2D eigenvalue weighted by atomic mass is 32.2. The van der Waals surface area contributed by atoms with E-state index in [2.05, 4.69) is 20.5 Å². The molecule has 4 aromatic rings. The van der Waals surface area contributed by atoms with E-state index in [1.807, 2.05) is 53.9 Å². The van der Waals surface area contributed by atoms with Crippen LogP contribution in [0.2, 0.25) is 0 Å². The standard InChI is InChI=1S/C21H16N4O4S2/c26-18(22-14-4-2-1-3-5-14)9-19-23-15(10-30-19)11-31-21-25-24-20(29-21)13-6-7-16-17(8-13)28-12-27-16/h1-8,10H,9,11-12H2,(H,22,26). The Hall–Kier alpha value is -3.37. The summed E-state index contributed by atoms with van der Waals surface area (Å²) in [7, 11) is 0. The molecule has 1 N–H and O–H groups in total. The molecule has 0 fully saturated rings. The summed E-state index contributed by atoms with van der Waals surface area (Å²) in [5, 5.41) is 14.2. The van der Waals surface area contributed by atoms with Gasteiger partial charge in [0, 0.05) is 22.4 Å². The molecule has 156 valence electrons. The monoisotopic (exact) mass is 452 g/mol. The van der Waals surface area contributed by atoms with Crippen LogP contribution in [0.25, 0.3) is 11.5 Å². The van der Waals surface area contributed by atoms with Crippen molar-refractivity contribution in [2.24, 2.45) is 0 Å². The molecule has 0 atom stereocenters. The zero-order valence-corrected chi connectivity index (χ0v) is 17.7. The quantitative estimate of drug-likeness (QED) is 0.412. The van der Waals surface area contributed by atoms with E-state index in [-0.39, 0.29) is 19.1 Å². The number of hydrogen-bond acceptors (Lipinski definition) is 9. The molecule has 1 amide bonds. The van der Waals surface area contributed by atoms with Crippen molar-refractivity contribution < 1.29 is 18.7 Å². The van der Waals surface area contributed by atoms with E-state index in [4.69, 9.17) is 13.9 Å². The van der Waals surface area contributed by atoms with Crippen LogP contribution in [0.3, 0.4) is 0 Å². The van der Waals surface area contributed by atoms with Crippen LogP contribution in [0.5, 0.6) is 11.5 Å². The third kappa shape index (κ3) is 4.70. The molecule has 0 aliphatic carbocycles. The van der Waals surface area contributed by atoms with Gasteiger partial charge in [0.05, 0.1) is 12.1 Å². The minimum atomic E-state index is -0.0926. The fraction of sp³-hybridized carbons (Fsp3) is 0.143. The number of ether oxygens (including phenoxy) is 2. The number of para-hydroxylation sites is 1. The number of carbonyl (C=O) groups excluding carboxylic acids is 1. The van der Waals surface area contributed by atoms with Crippen molar-refractivity contribution in [3.8, 4) is 23.0 Å². The topological polar surface area (TPSA) is 99.4 Å². The van der Waals surface area contributed by atoms with E-state index in [0.29, 0.717) is 28.4 Å². The van der Waals surface area contributed by atoms with E-state index in [1.165, 1.54) is 23.1 Å². The van der Waals surface area contributed by atoms with Crippen molar-refractivity contribution in [2.75, 3.05) is 12.1 Å². The molecule has 10 heteroatoms. The summed E-state index contributed by atoms with van der Waals surface area (Å²) < 4.78 is 16.4. The first-order valence-corrected chi connectivity index (χ1v) is 11.2. The van der Waals surface area contributed by atoms with Crippen LogP contribution in [-0.2, 0) is 17.0 Å². The zero-order valence-electron chi connectivity index (χ0n) is 16.1. The van der Waals surface area contributed by atoms with Crippen LogP contribution in [0.15, 0.2) is 63.6 Å². The van der Waals surface area contributed by atoms with Gasteiger partial charge in [-0.25, -0.2) is 4.98 Å². The Morgan fingerprint density at radius 2 is 1.97 bits per heavy atom. The van der Waals surface area contributed by atoms with Crippen LogP contribution >= 0.6 is 23.1 Å². The smallest absolute Gasteiger partial charge is 0.277 e. The Balaban J connectivity index is 1.16. The second-order valence-electron chi connectivity index (χ2n) is 6.55. The highest BCUT2D eigenvalue weighted by molar-refractivity contribution is 7.98. The van der Waals surface area contributed by atoms with Crippen LogP contribution < -0.4 is 14.8 Å². The summed E-state index contributed by atoms with van der Waals surface area (Å²) in [5.74, 6) is 2.26. The minimum absolute atomic E-state index is 0.0926. The Labute approximate surface area is 185 Å². The van der Waals surface area contributed by atoms with Crippen molar-refractivity contribution in [1.82, 2.24) is 15.2 Å². The van der Waals surface area contributed by atoms with Gasteiger partial charge in [-0.3, -0.25) is 4.79 Å². The molecular formula is C21H16N4O4S2. The van der Waals surface area contributed by atoms with E-state index in [9.17, 15) is 4.79 Å². The number of carbonyl (C=O) groups is 1. The molecule has 2 aromatic heterocycles. The number of fused-ring (bicyclic) bond motifs is 1. The first-order valence-electron chi connectivity index (χ1n) is 9.37. The Kier molecular flexibility index (Phi) is 5.55. The number of nitrogens with one attached hydrogen (secondary N) is 1. The molecule has 31 heavy (non-hydrogen) atoms. The molecule has 0 unspecified atom stereocenters. The van der Waals surface area contributed by atoms with E-state index < -0.39 is 0 Å². The van der Waals surface area contributed by atoms with Crippen LogP contribution in [-0.4, -0.2) is 27.9 Å². The second-order valence-corrected chi connectivity index (χ2v) is 8.42. The number of nitrogens with zero attached hydrogens (tertiary/aromatic N) is 3. The summed E-state index contributed by atoms with van der Waals surface area (Å²) in [4.78, 5) is 16.7. The summed E-state index contributed by atoms with van der Waals surface area (Å²) in [6.45, 7) is 0.216. The molecule has 1 aliphatic rings. The lowest BCUT2D eigenvalue weighted by molar-refractivity contribution is -0.115. The molecule has 0 bridgehead atoms. The maximum absolute atomic E-state index is 12.2. The lowest BCUT2D eigenvalue weighted by atomic mass is 10.2. The van der Waals surface area contributed by atoms with Gasteiger partial charge in [0.15, 0.2) is 11.5 Å². The van der Waals surface area contributed by atoms with E-state index in [1.54, 1.807) is 0 Å². The molecule has 0 radical (unpaired) electrons. The number of benzene rings is 2. The number of thiazole rings is 1. The van der Waals surface area contributed by atoms with Gasteiger partial charge in [-0.05, 0) is 30.3 Å². The van der Waals surface area contributed by atoms with Gasteiger partial charge in [-0.15, -0.1) is 21.5 Å². The fourth-order valence-corrected chi connectivity index (χ4v) is 4.46. The Bertz CT molecular complexity index is 1210. The van der Waals surface area contributed by atoms with E-state index in [0.717, 1.165) is 22.0 Å². The van der Waals surface area contributed by atoms with Crippen LogP contribution in [0.4, 0.5) is 5.69 Å². The molecule has 0 saturated heterocycles. The number of hydrogen-bond donors (Lipinski definition) is 1. The van der Waals surface area contributed by atoms with Gasteiger partial charge < -0.3 is 19.2 Å². The number of rotatable bonds is 7. The predicted octanol–water partition coefficient (Wildman–Crippen LogP) is 4.40. The Morgan fingerprint density at radius 1 is 1.10 bits per heavy atom.